The summed E-state index contributed by atoms with van der Waals surface area (Å²) < 4.78 is 50.7. The fraction of sp³-hybridized carbons (Fsp3) is 0.560. The molecule has 2 heterocycles. The van der Waals surface area contributed by atoms with E-state index in [2.05, 4.69) is 26.2 Å². The number of aromatic nitrogens is 2. The molecule has 3 rings (SSSR count). The molecular weight excluding hydrogens is 624 g/mol. The number of carbonyl (C=O) groups excluding carboxylic acids is 1. The van der Waals surface area contributed by atoms with E-state index in [1.165, 1.54) is 37.4 Å². The number of aromatic amines is 1. The van der Waals surface area contributed by atoms with E-state index in [0.717, 1.165) is 36.7 Å². The summed E-state index contributed by atoms with van der Waals surface area (Å²) in [5.74, 6) is -0.0953. The number of nitrogens with one attached hydrogen (secondary N) is 1. The standard InChI is InChI=1S/C25H35N5O12P2/c1-3-4-5-6-7-8-23(31)40-19-11-9-18(10-12-19)15-38-43(34,35)42-44(36,37)39-16-21-20(28-29-26)13-22(41-21)30-14-17(2)24(32)27-25(30)33/h9-12,14,20-22H,3-8,13,15-16H2,1-2H3,(H,34,35)(H,36,37)(H,27,32,33)/t20?,21-,22-/m1/s1. The summed E-state index contributed by atoms with van der Waals surface area (Å²) in [6, 6.07) is 4.91. The fourth-order valence-corrected chi connectivity index (χ4v) is 6.30. The smallest absolute Gasteiger partial charge is 0.427 e. The quantitative estimate of drug-likeness (QED) is 0.0404. The first kappa shape index (κ1) is 35.4. The molecule has 2 aromatic rings. The molecular formula is C25H35N5O12P2. The average molecular weight is 660 g/mol. The Bertz CT molecular complexity index is 1540. The zero-order valence-electron chi connectivity index (χ0n) is 24.1. The lowest BCUT2D eigenvalue weighted by atomic mass is 10.1. The van der Waals surface area contributed by atoms with Crippen LogP contribution in [0.15, 0.2) is 45.2 Å². The average Bonchev–Trinajstić information content (AvgIpc) is 3.35. The molecule has 5 atom stereocenters. The Kier molecular flexibility index (Phi) is 13.1. The van der Waals surface area contributed by atoms with Crippen LogP contribution in [0.1, 0.15) is 69.2 Å². The molecule has 19 heteroatoms. The Morgan fingerprint density at radius 3 is 2.50 bits per heavy atom. The number of phosphoric acid groups is 2. The number of phosphoric ester groups is 2. The van der Waals surface area contributed by atoms with Gasteiger partial charge in [-0.1, -0.05) is 49.9 Å². The van der Waals surface area contributed by atoms with E-state index in [1.807, 2.05) is 0 Å². The van der Waals surface area contributed by atoms with Gasteiger partial charge in [0.1, 0.15) is 12.0 Å². The van der Waals surface area contributed by atoms with Crippen LogP contribution in [0.4, 0.5) is 0 Å². The molecule has 1 aromatic heterocycles. The van der Waals surface area contributed by atoms with Crippen molar-refractivity contribution in [2.24, 2.45) is 5.11 Å². The molecule has 3 unspecified atom stereocenters. The Morgan fingerprint density at radius 2 is 1.82 bits per heavy atom. The van der Waals surface area contributed by atoms with Gasteiger partial charge in [-0.25, -0.2) is 13.9 Å². The molecule has 0 amide bonds. The highest BCUT2D eigenvalue weighted by Gasteiger charge is 2.40. The number of carbonyl (C=O) groups is 1. The van der Waals surface area contributed by atoms with Crippen LogP contribution < -0.4 is 16.0 Å². The summed E-state index contributed by atoms with van der Waals surface area (Å²) in [5, 5.41) is 3.55. The number of H-pyrrole nitrogens is 1. The minimum absolute atomic E-state index is 0.0430. The number of benzene rings is 1. The molecule has 0 spiro atoms. The van der Waals surface area contributed by atoms with Gasteiger partial charge in [0, 0.05) is 29.5 Å². The molecule has 0 radical (unpaired) electrons. The Labute approximate surface area is 251 Å². The van der Waals surface area contributed by atoms with Gasteiger partial charge in [0.25, 0.3) is 5.56 Å². The first-order valence-electron chi connectivity index (χ1n) is 13.8. The van der Waals surface area contributed by atoms with Crippen molar-refractivity contribution >= 4 is 21.6 Å². The minimum Gasteiger partial charge on any atom is -0.427 e. The number of hydrogen-bond acceptors (Lipinski definition) is 11. The van der Waals surface area contributed by atoms with Crippen LogP contribution in [0, 0.1) is 6.92 Å². The number of aryl methyl sites for hydroxylation is 1. The minimum atomic E-state index is -5.22. The first-order chi connectivity index (χ1) is 20.8. The van der Waals surface area contributed by atoms with Gasteiger partial charge < -0.3 is 19.3 Å². The maximum atomic E-state index is 12.4. The number of unbranched alkanes of at least 4 members (excludes halogenated alkanes) is 4. The van der Waals surface area contributed by atoms with Crippen molar-refractivity contribution in [3.05, 3.63) is 72.9 Å². The summed E-state index contributed by atoms with van der Waals surface area (Å²) in [7, 11) is -10.3. The second-order valence-electron chi connectivity index (χ2n) is 9.99. The van der Waals surface area contributed by atoms with Crippen LogP contribution in [-0.4, -0.2) is 44.1 Å². The lowest BCUT2D eigenvalue weighted by Gasteiger charge is -2.20. The molecule has 1 saturated heterocycles. The molecule has 1 aromatic carbocycles. The fourth-order valence-electron chi connectivity index (χ4n) is 4.23. The van der Waals surface area contributed by atoms with Crippen molar-refractivity contribution in [3.63, 3.8) is 0 Å². The van der Waals surface area contributed by atoms with Crippen molar-refractivity contribution in [1.82, 2.24) is 9.55 Å². The van der Waals surface area contributed by atoms with Crippen molar-refractivity contribution in [2.45, 2.75) is 83.8 Å². The van der Waals surface area contributed by atoms with Gasteiger partial charge in [-0.15, -0.1) is 0 Å². The predicted molar refractivity (Wildman–Crippen MR) is 154 cm³/mol. The maximum absolute atomic E-state index is 12.4. The molecule has 0 aliphatic carbocycles. The highest BCUT2D eigenvalue weighted by Crippen LogP contribution is 2.61. The summed E-state index contributed by atoms with van der Waals surface area (Å²) in [5.41, 5.74) is 8.09. The predicted octanol–water partition coefficient (Wildman–Crippen LogP) is 4.53. The number of azide groups is 1. The summed E-state index contributed by atoms with van der Waals surface area (Å²) in [4.78, 5) is 60.7. The molecule has 0 saturated carbocycles. The van der Waals surface area contributed by atoms with Gasteiger partial charge in [0.15, 0.2) is 0 Å². The molecule has 3 N–H and O–H groups in total. The Balaban J connectivity index is 1.50. The number of hydrogen-bond donors (Lipinski definition) is 3. The number of nitrogens with zero attached hydrogens (tertiary/aromatic N) is 4. The normalized spacial score (nSPS) is 20.8. The lowest BCUT2D eigenvalue weighted by molar-refractivity contribution is -0.134. The summed E-state index contributed by atoms with van der Waals surface area (Å²) in [6.45, 7) is 2.34. The van der Waals surface area contributed by atoms with Crippen LogP contribution in [0.3, 0.4) is 0 Å². The number of esters is 1. The van der Waals surface area contributed by atoms with Crippen molar-refractivity contribution in [2.75, 3.05) is 6.61 Å². The SMILES string of the molecule is CCCCCCCC(=O)Oc1ccc(COP(=O)(O)OP(=O)(O)OC[C@H]2O[C@@H](n3cc(C)c(=O)[nH]c3=O)CC2N=[N+]=[N-])cc1. The Morgan fingerprint density at radius 1 is 1.14 bits per heavy atom. The van der Waals surface area contributed by atoms with Crippen LogP contribution in [0.25, 0.3) is 10.4 Å². The molecule has 0 bridgehead atoms. The van der Waals surface area contributed by atoms with Gasteiger partial charge in [0.2, 0.25) is 0 Å². The van der Waals surface area contributed by atoms with Gasteiger partial charge in [-0.05, 0) is 36.6 Å². The molecule has 17 nitrogen and oxygen atoms in total. The monoisotopic (exact) mass is 659 g/mol. The third kappa shape index (κ3) is 11.1. The highest BCUT2D eigenvalue weighted by molar-refractivity contribution is 7.61. The second-order valence-corrected chi connectivity index (χ2v) is 13.0. The number of rotatable bonds is 17. The van der Waals surface area contributed by atoms with Gasteiger partial charge >= 0.3 is 27.3 Å². The van der Waals surface area contributed by atoms with Crippen LogP contribution in [-0.2, 0) is 38.6 Å². The van der Waals surface area contributed by atoms with Crippen molar-refractivity contribution in [1.29, 1.82) is 0 Å². The van der Waals surface area contributed by atoms with E-state index in [4.69, 9.17) is 24.1 Å². The molecule has 1 aliphatic heterocycles. The van der Waals surface area contributed by atoms with Gasteiger partial charge in [-0.3, -0.25) is 28.2 Å². The van der Waals surface area contributed by atoms with E-state index >= 15 is 0 Å². The van der Waals surface area contributed by atoms with E-state index in [9.17, 15) is 33.3 Å². The lowest BCUT2D eigenvalue weighted by Crippen LogP contribution is -2.33. The van der Waals surface area contributed by atoms with E-state index in [-0.39, 0.29) is 30.1 Å². The van der Waals surface area contributed by atoms with Crippen LogP contribution >= 0.6 is 15.6 Å². The molecule has 1 fully saturated rings. The Hall–Kier alpha value is -3.10. The molecule has 242 valence electrons. The molecule has 1 aliphatic rings. The van der Waals surface area contributed by atoms with Crippen molar-refractivity contribution < 1.29 is 46.5 Å². The van der Waals surface area contributed by atoms with E-state index < -0.39 is 58.5 Å². The largest absolute Gasteiger partial charge is 0.481 e. The third-order valence-corrected chi connectivity index (χ3v) is 9.08. The highest BCUT2D eigenvalue weighted by atomic mass is 31.3. The number of ether oxygens (including phenoxy) is 2. The second kappa shape index (κ2) is 16.3. The van der Waals surface area contributed by atoms with Gasteiger partial charge in [-0.2, -0.15) is 4.31 Å². The molecule has 44 heavy (non-hydrogen) atoms. The first-order valence-corrected chi connectivity index (χ1v) is 16.8. The summed E-state index contributed by atoms with van der Waals surface area (Å²) >= 11 is 0. The zero-order valence-corrected chi connectivity index (χ0v) is 25.9. The van der Waals surface area contributed by atoms with Gasteiger partial charge in [0.05, 0.1) is 25.4 Å². The van der Waals surface area contributed by atoms with Crippen LogP contribution in [0.5, 0.6) is 5.75 Å². The van der Waals surface area contributed by atoms with Crippen molar-refractivity contribution in [3.8, 4) is 5.75 Å². The zero-order chi connectivity index (χ0) is 32.3. The third-order valence-electron chi connectivity index (χ3n) is 6.50. The summed E-state index contributed by atoms with van der Waals surface area (Å²) in [6.07, 6.45) is 4.28. The topological polar surface area (TPSA) is 241 Å². The van der Waals surface area contributed by atoms with E-state index in [0.29, 0.717) is 5.56 Å². The maximum Gasteiger partial charge on any atom is 0.481 e. The van der Waals surface area contributed by atoms with E-state index in [1.54, 1.807) is 0 Å². The van der Waals surface area contributed by atoms with Crippen LogP contribution in [0.2, 0.25) is 0 Å².